The van der Waals surface area contributed by atoms with Crippen molar-refractivity contribution in [1.29, 1.82) is 0 Å². The van der Waals surface area contributed by atoms with Gasteiger partial charge in [-0.05, 0) is 12.1 Å². The van der Waals surface area contributed by atoms with Crippen molar-refractivity contribution in [3.63, 3.8) is 0 Å². The number of hydrogen-bond acceptors (Lipinski definition) is 5. The predicted molar refractivity (Wildman–Crippen MR) is 69.0 cm³/mol. The number of carbonyl (C=O) groups excluding carboxylic acids is 2. The Balaban J connectivity index is 2.89. The topological polar surface area (TPSA) is 65.7 Å². The van der Waals surface area contributed by atoms with Crippen LogP contribution in [0.25, 0.3) is 6.08 Å². The third kappa shape index (κ3) is 4.67. The van der Waals surface area contributed by atoms with Gasteiger partial charge in [0.25, 0.3) is 0 Å². The monoisotopic (exact) mass is 262 g/mol. The standard InChI is InChI=1S/C14H14O5/c1-3-7-18-13(15)12(14(16)19-8-4-2)10-11-6-5-9-17-11/h3-6,9-10H,1-2,7-8H2. The lowest BCUT2D eigenvalue weighted by atomic mass is 10.2. The van der Waals surface area contributed by atoms with Crippen LogP contribution >= 0.6 is 0 Å². The van der Waals surface area contributed by atoms with Crippen LogP contribution in [0.3, 0.4) is 0 Å². The lowest BCUT2D eigenvalue weighted by Crippen LogP contribution is -2.18. The molecule has 0 fully saturated rings. The molecule has 0 spiro atoms. The highest BCUT2D eigenvalue weighted by molar-refractivity contribution is 6.17. The van der Waals surface area contributed by atoms with E-state index in [0.29, 0.717) is 5.76 Å². The van der Waals surface area contributed by atoms with Crippen LogP contribution in [0.1, 0.15) is 5.76 Å². The van der Waals surface area contributed by atoms with Crippen molar-refractivity contribution in [3.05, 3.63) is 55.0 Å². The van der Waals surface area contributed by atoms with Crippen LogP contribution in [0, 0.1) is 0 Å². The van der Waals surface area contributed by atoms with Gasteiger partial charge in [-0.2, -0.15) is 0 Å². The van der Waals surface area contributed by atoms with E-state index in [1.807, 2.05) is 0 Å². The fourth-order valence-electron chi connectivity index (χ4n) is 1.14. The Bertz CT molecular complexity index is 456. The smallest absolute Gasteiger partial charge is 0.346 e. The van der Waals surface area contributed by atoms with E-state index in [1.54, 1.807) is 12.1 Å². The van der Waals surface area contributed by atoms with Crippen LogP contribution in [0.2, 0.25) is 0 Å². The molecule has 1 rings (SSSR count). The van der Waals surface area contributed by atoms with Gasteiger partial charge in [-0.15, -0.1) is 0 Å². The minimum atomic E-state index is -0.801. The molecular weight excluding hydrogens is 248 g/mol. The molecule has 5 heteroatoms. The summed E-state index contributed by atoms with van der Waals surface area (Å²) in [6.07, 6.45) is 5.49. The summed E-state index contributed by atoms with van der Waals surface area (Å²) in [5.74, 6) is -1.25. The van der Waals surface area contributed by atoms with Gasteiger partial charge in [0.2, 0.25) is 0 Å². The van der Waals surface area contributed by atoms with Crippen LogP contribution in [0.15, 0.2) is 53.7 Å². The highest BCUT2D eigenvalue weighted by Gasteiger charge is 2.21. The molecule has 0 bridgehead atoms. The van der Waals surface area contributed by atoms with Crippen molar-refractivity contribution < 1.29 is 23.5 Å². The Kier molecular flexibility index (Phi) is 5.88. The Morgan fingerprint density at radius 2 is 1.74 bits per heavy atom. The first-order valence-corrected chi connectivity index (χ1v) is 5.50. The summed E-state index contributed by atoms with van der Waals surface area (Å²) in [5, 5.41) is 0. The first kappa shape index (κ1) is 14.5. The molecule has 0 N–H and O–H groups in total. The molecule has 0 aliphatic heterocycles. The van der Waals surface area contributed by atoms with Crippen molar-refractivity contribution in [3.8, 4) is 0 Å². The zero-order valence-corrected chi connectivity index (χ0v) is 10.3. The Morgan fingerprint density at radius 1 is 1.16 bits per heavy atom. The predicted octanol–water partition coefficient (Wildman–Crippen LogP) is 2.12. The molecule has 0 saturated carbocycles. The molecule has 19 heavy (non-hydrogen) atoms. The molecule has 0 radical (unpaired) electrons. The number of furan rings is 1. The van der Waals surface area contributed by atoms with Crippen LogP contribution in [-0.2, 0) is 19.1 Å². The third-order valence-corrected chi connectivity index (χ3v) is 1.93. The fourth-order valence-corrected chi connectivity index (χ4v) is 1.14. The number of hydrogen-bond donors (Lipinski definition) is 0. The van der Waals surface area contributed by atoms with Gasteiger partial charge in [-0.25, -0.2) is 9.59 Å². The van der Waals surface area contributed by atoms with E-state index in [4.69, 9.17) is 13.9 Å². The van der Waals surface area contributed by atoms with Gasteiger partial charge in [0, 0.05) is 6.08 Å². The highest BCUT2D eigenvalue weighted by Crippen LogP contribution is 2.11. The van der Waals surface area contributed by atoms with E-state index in [9.17, 15) is 9.59 Å². The minimum absolute atomic E-state index is 0.00304. The van der Waals surface area contributed by atoms with Crippen molar-refractivity contribution in [2.24, 2.45) is 0 Å². The number of ether oxygens (including phenoxy) is 2. The molecule has 0 atom stereocenters. The van der Waals surface area contributed by atoms with E-state index < -0.39 is 11.9 Å². The molecule has 0 aliphatic rings. The molecule has 100 valence electrons. The summed E-state index contributed by atoms with van der Waals surface area (Å²) >= 11 is 0. The summed E-state index contributed by atoms with van der Waals surface area (Å²) in [7, 11) is 0. The number of esters is 2. The van der Waals surface area contributed by atoms with Crippen molar-refractivity contribution >= 4 is 18.0 Å². The molecule has 1 aromatic heterocycles. The van der Waals surface area contributed by atoms with Crippen LogP contribution in [0.4, 0.5) is 0 Å². The first-order valence-electron chi connectivity index (χ1n) is 5.50. The van der Waals surface area contributed by atoms with E-state index >= 15 is 0 Å². The summed E-state index contributed by atoms with van der Waals surface area (Å²) in [5.41, 5.74) is -0.251. The maximum absolute atomic E-state index is 11.7. The van der Waals surface area contributed by atoms with Gasteiger partial charge < -0.3 is 13.9 Å². The van der Waals surface area contributed by atoms with Crippen molar-refractivity contribution in [1.82, 2.24) is 0 Å². The number of rotatable bonds is 7. The second-order valence-electron chi connectivity index (χ2n) is 3.35. The van der Waals surface area contributed by atoms with Crippen LogP contribution in [-0.4, -0.2) is 25.2 Å². The van der Waals surface area contributed by atoms with Crippen LogP contribution in [0.5, 0.6) is 0 Å². The third-order valence-electron chi connectivity index (χ3n) is 1.93. The highest BCUT2D eigenvalue weighted by atomic mass is 16.6. The second-order valence-corrected chi connectivity index (χ2v) is 3.35. The molecule has 1 aromatic rings. The van der Waals surface area contributed by atoms with Gasteiger partial charge in [0.15, 0.2) is 0 Å². The summed E-state index contributed by atoms with van der Waals surface area (Å²) in [6, 6.07) is 3.23. The average molecular weight is 262 g/mol. The van der Waals surface area contributed by atoms with E-state index in [1.165, 1.54) is 24.5 Å². The molecule has 0 aromatic carbocycles. The fraction of sp³-hybridized carbons (Fsp3) is 0.143. The van der Waals surface area contributed by atoms with Gasteiger partial charge in [0.05, 0.1) is 6.26 Å². The van der Waals surface area contributed by atoms with Crippen molar-refractivity contribution in [2.75, 3.05) is 13.2 Å². The van der Waals surface area contributed by atoms with E-state index in [-0.39, 0.29) is 18.8 Å². The van der Waals surface area contributed by atoms with Crippen molar-refractivity contribution in [2.45, 2.75) is 0 Å². The van der Waals surface area contributed by atoms with Gasteiger partial charge in [0.1, 0.15) is 24.5 Å². The van der Waals surface area contributed by atoms with Gasteiger partial charge in [-0.3, -0.25) is 0 Å². The summed E-state index contributed by atoms with van der Waals surface area (Å²) < 4.78 is 14.7. The summed E-state index contributed by atoms with van der Waals surface area (Å²) in [4.78, 5) is 23.5. The Labute approximate surface area is 110 Å². The molecule has 0 unspecified atom stereocenters. The van der Waals surface area contributed by atoms with Gasteiger partial charge >= 0.3 is 11.9 Å². The largest absolute Gasteiger partial charge is 0.465 e. The number of carbonyl (C=O) groups is 2. The Hall–Kier alpha value is -2.56. The maximum Gasteiger partial charge on any atom is 0.346 e. The minimum Gasteiger partial charge on any atom is -0.465 e. The molecule has 0 saturated heterocycles. The molecule has 0 aliphatic carbocycles. The molecule has 5 nitrogen and oxygen atoms in total. The van der Waals surface area contributed by atoms with E-state index in [0.717, 1.165) is 0 Å². The second kappa shape index (κ2) is 7.71. The Morgan fingerprint density at radius 3 is 2.16 bits per heavy atom. The average Bonchev–Trinajstić information content (AvgIpc) is 2.92. The summed E-state index contributed by atoms with van der Waals surface area (Å²) in [6.45, 7) is 6.84. The normalized spacial score (nSPS) is 9.26. The first-order chi connectivity index (χ1) is 9.19. The van der Waals surface area contributed by atoms with E-state index in [2.05, 4.69) is 13.2 Å². The SMILES string of the molecule is C=CCOC(=O)C(=Cc1ccco1)C(=O)OCC=C. The molecular formula is C14H14O5. The van der Waals surface area contributed by atoms with Crippen LogP contribution < -0.4 is 0 Å². The van der Waals surface area contributed by atoms with Gasteiger partial charge in [-0.1, -0.05) is 25.3 Å². The quantitative estimate of drug-likeness (QED) is 0.247. The lowest BCUT2D eigenvalue weighted by Gasteiger charge is -2.06. The maximum atomic E-state index is 11.7. The molecule has 0 amide bonds. The lowest BCUT2D eigenvalue weighted by molar-refractivity contribution is -0.145. The zero-order valence-electron chi connectivity index (χ0n) is 10.3. The zero-order chi connectivity index (χ0) is 14.1. The molecule has 1 heterocycles.